The molecule has 3 aromatic heterocycles. The Balaban J connectivity index is 0.00000517. The first kappa shape index (κ1) is 44.2. The third kappa shape index (κ3) is 7.36. The summed E-state index contributed by atoms with van der Waals surface area (Å²) in [5.41, 5.74) is 17.1. The first-order chi connectivity index (χ1) is 34.4. The van der Waals surface area contributed by atoms with Gasteiger partial charge in [-0.2, -0.15) is 54.6 Å². The van der Waals surface area contributed by atoms with Crippen LogP contribution in [0.15, 0.2) is 224 Å². The minimum atomic E-state index is -0.571. The molecule has 9 aromatic carbocycles. The molecule has 1 aliphatic rings. The molecule has 0 amide bonds. The maximum absolute atomic E-state index is 5.96. The average molecular weight is 1090 g/mol. The Bertz CT molecular complexity index is 3900. The molecule has 0 atom stereocenters. The molecular weight excluding hydrogens is 1040 g/mol. The molecule has 342 valence electrons. The molecule has 0 fully saturated rings. The number of anilines is 2. The zero-order valence-electron chi connectivity index (χ0n) is 39.5. The third-order valence-electron chi connectivity index (χ3n) is 14.0. The predicted molar refractivity (Wildman–Crippen MR) is 288 cm³/mol. The van der Waals surface area contributed by atoms with Gasteiger partial charge in [0.05, 0.1) is 11.0 Å². The van der Waals surface area contributed by atoms with E-state index >= 15 is 0 Å². The Hall–Kier alpha value is -8.05. The first-order valence-electron chi connectivity index (χ1n) is 24.0. The van der Waals surface area contributed by atoms with Gasteiger partial charge in [-0.15, -0.1) is 5.39 Å². The molecule has 0 N–H and O–H groups in total. The van der Waals surface area contributed by atoms with Crippen LogP contribution < -0.4 is 14.8 Å². The average Bonchev–Trinajstić information content (AvgIpc) is 3.97. The van der Waals surface area contributed by atoms with E-state index in [1.54, 1.807) is 0 Å². The van der Waals surface area contributed by atoms with Crippen LogP contribution in [0.2, 0.25) is 0 Å². The Labute approximate surface area is 429 Å². The molecule has 0 unspecified atom stereocenters. The van der Waals surface area contributed by atoms with Crippen LogP contribution in [-0.2, 0) is 26.5 Å². The van der Waals surface area contributed by atoms with Crippen molar-refractivity contribution in [1.29, 1.82) is 0 Å². The number of para-hydroxylation sites is 5. The van der Waals surface area contributed by atoms with Gasteiger partial charge in [-0.25, -0.2) is 4.98 Å². The van der Waals surface area contributed by atoms with Gasteiger partial charge in [0.25, 0.3) is 0 Å². The van der Waals surface area contributed by atoms with Gasteiger partial charge in [0.1, 0.15) is 11.6 Å². The number of fused-ring (bicyclic) bond motifs is 7. The minimum Gasteiger partial charge on any atom is -0.354 e. The molecule has 0 saturated carbocycles. The number of hydrogen-bond donors (Lipinski definition) is 0. The standard InChI is InChI=1S/C64H46BN5.Pt/c1-64(2,3)46-41-60(69-56-37-18-16-32-52(56)53-33-17-19-38-57(53)69)66-61(42-46)70(58-39-20-15-29-48(58)44-23-7-4-8-24-44)65-62-49(45-25-9-5-10-26-45)34-21-35-54(62)50-30-13-14-31-51(50)55-36-22-40-59-63(55)68(65)43-67(59)47-27-11-6-12-28-47;/h4-27,29-37,39-42H,1-3H3;/q-2;. The topological polar surface area (TPSA) is 29.9 Å². The van der Waals surface area contributed by atoms with Crippen molar-refractivity contribution in [2.75, 3.05) is 4.81 Å². The summed E-state index contributed by atoms with van der Waals surface area (Å²) in [5, 5.41) is 2.30. The SMILES string of the molecule is CC(C)(C)c1cc(N(B2c3c(-c4ccccc4)cccc3-c3ccccc3-c3cccc4c3[n+]2[c-]n4-c2[c-]cccc2)c2ccccc2-c2ccccc2)nc(-n2c3[c-]cccc3c3ccccc32)c1.[Pt]. The largest absolute Gasteiger partial charge is 0.526 e. The van der Waals surface area contributed by atoms with Crippen molar-refractivity contribution < 1.29 is 25.5 Å². The van der Waals surface area contributed by atoms with Gasteiger partial charge in [-0.1, -0.05) is 190 Å². The third-order valence-corrected chi connectivity index (χ3v) is 14.0. The zero-order valence-corrected chi connectivity index (χ0v) is 41.8. The van der Waals surface area contributed by atoms with Crippen LogP contribution in [-0.4, -0.2) is 21.1 Å². The van der Waals surface area contributed by atoms with Crippen LogP contribution in [0, 0.1) is 18.5 Å². The van der Waals surface area contributed by atoms with E-state index in [2.05, 4.69) is 264 Å². The summed E-state index contributed by atoms with van der Waals surface area (Å²) in [6.45, 7) is 6.32. The van der Waals surface area contributed by atoms with Crippen LogP contribution in [0.25, 0.3) is 88.9 Å². The number of rotatable bonds is 7. The van der Waals surface area contributed by atoms with Crippen molar-refractivity contribution in [3.05, 3.63) is 248 Å². The van der Waals surface area contributed by atoms with Crippen molar-refractivity contribution in [3.63, 3.8) is 0 Å². The molecule has 12 aromatic rings. The van der Waals surface area contributed by atoms with Crippen LogP contribution in [0.4, 0.5) is 11.5 Å². The summed E-state index contributed by atoms with van der Waals surface area (Å²) in [4.78, 5) is 8.47. The van der Waals surface area contributed by atoms with Gasteiger partial charge in [0.2, 0.25) is 6.33 Å². The van der Waals surface area contributed by atoms with E-state index in [1.165, 1.54) is 0 Å². The Morgan fingerprint density at radius 1 is 0.521 bits per heavy atom. The monoisotopic (exact) mass is 1090 g/mol. The second-order valence-electron chi connectivity index (χ2n) is 19.1. The van der Waals surface area contributed by atoms with Gasteiger partial charge in [-0.3, -0.25) is 0 Å². The molecule has 71 heavy (non-hydrogen) atoms. The first-order valence-corrected chi connectivity index (χ1v) is 24.0. The minimum absolute atomic E-state index is 0. The second kappa shape index (κ2) is 17.7. The summed E-state index contributed by atoms with van der Waals surface area (Å²) < 4.78 is 6.88. The van der Waals surface area contributed by atoms with E-state index in [0.717, 1.165) is 111 Å². The molecule has 4 heterocycles. The van der Waals surface area contributed by atoms with E-state index < -0.39 is 6.98 Å². The van der Waals surface area contributed by atoms with E-state index in [4.69, 9.17) is 4.98 Å². The van der Waals surface area contributed by atoms with Crippen molar-refractivity contribution in [3.8, 4) is 56.0 Å². The van der Waals surface area contributed by atoms with Crippen molar-refractivity contribution >= 4 is 56.8 Å². The summed E-state index contributed by atoms with van der Waals surface area (Å²) >= 11 is 0. The number of nitrogens with zero attached hydrogens (tertiary/aromatic N) is 5. The normalized spacial score (nSPS) is 12.0. The van der Waals surface area contributed by atoms with E-state index in [1.807, 2.05) is 18.2 Å². The molecule has 7 heteroatoms. The van der Waals surface area contributed by atoms with Crippen molar-refractivity contribution in [2.45, 2.75) is 26.2 Å². The molecule has 0 spiro atoms. The second-order valence-corrected chi connectivity index (χ2v) is 19.1. The van der Waals surface area contributed by atoms with Crippen LogP contribution in [0.1, 0.15) is 26.3 Å². The van der Waals surface area contributed by atoms with E-state index in [0.29, 0.717) is 0 Å². The summed E-state index contributed by atoms with van der Waals surface area (Å²) in [5.74, 6) is 1.62. The van der Waals surface area contributed by atoms with Crippen LogP contribution in [0.5, 0.6) is 0 Å². The van der Waals surface area contributed by atoms with Crippen molar-refractivity contribution in [2.24, 2.45) is 0 Å². The zero-order chi connectivity index (χ0) is 46.9. The Morgan fingerprint density at radius 3 is 1.87 bits per heavy atom. The summed E-state index contributed by atoms with van der Waals surface area (Å²) in [6, 6.07) is 87.7. The fourth-order valence-electron chi connectivity index (χ4n) is 10.7. The molecule has 5 nitrogen and oxygen atoms in total. The number of aromatic nitrogens is 4. The summed E-state index contributed by atoms with van der Waals surface area (Å²) in [7, 11) is 0. The molecular formula is C64H46BN5Pt-2. The Morgan fingerprint density at radius 2 is 1.11 bits per heavy atom. The van der Waals surface area contributed by atoms with Crippen molar-refractivity contribution in [1.82, 2.24) is 14.1 Å². The number of pyridine rings is 1. The van der Waals surface area contributed by atoms with E-state index in [-0.39, 0.29) is 26.5 Å². The molecule has 13 rings (SSSR count). The summed E-state index contributed by atoms with van der Waals surface area (Å²) in [6.07, 6.45) is 4.05. The molecule has 0 bridgehead atoms. The van der Waals surface area contributed by atoms with Gasteiger partial charge in [0, 0.05) is 43.3 Å². The number of benzene rings is 9. The fourth-order valence-corrected chi connectivity index (χ4v) is 10.7. The number of imidazole rings is 1. The molecule has 0 aliphatic carbocycles. The van der Waals surface area contributed by atoms with Crippen LogP contribution >= 0.6 is 0 Å². The van der Waals surface area contributed by atoms with Gasteiger partial charge in [0.15, 0.2) is 0 Å². The van der Waals surface area contributed by atoms with E-state index in [9.17, 15) is 0 Å². The molecule has 0 radical (unpaired) electrons. The quantitative estimate of drug-likeness (QED) is 0.118. The maximum atomic E-state index is 5.96. The maximum Gasteiger partial charge on any atom is 0.526 e. The van der Waals surface area contributed by atoms with Crippen LogP contribution in [0.3, 0.4) is 0 Å². The molecule has 1 aliphatic heterocycles. The van der Waals surface area contributed by atoms with Gasteiger partial charge >= 0.3 is 6.98 Å². The fraction of sp³-hybridized carbons (Fsp3) is 0.0625. The number of hydrogen-bond acceptors (Lipinski definition) is 2. The smallest absolute Gasteiger partial charge is 0.354 e. The van der Waals surface area contributed by atoms with Gasteiger partial charge in [-0.05, 0) is 79.6 Å². The van der Waals surface area contributed by atoms with Gasteiger partial charge < -0.3 is 18.4 Å². The predicted octanol–water partition coefficient (Wildman–Crippen LogP) is 14.2. The Kier molecular flexibility index (Phi) is 11.0. The molecule has 0 saturated heterocycles.